The Bertz CT molecular complexity index is 305. The highest BCUT2D eigenvalue weighted by Crippen LogP contribution is 2.23. The van der Waals surface area contributed by atoms with Crippen LogP contribution in [0.25, 0.3) is 0 Å². The van der Waals surface area contributed by atoms with Crippen LogP contribution in [0.15, 0.2) is 24.3 Å². The average molecular weight is 235 g/mol. The molecule has 0 bridgehead atoms. The van der Waals surface area contributed by atoms with Crippen LogP contribution in [0.1, 0.15) is 44.8 Å². The van der Waals surface area contributed by atoms with E-state index in [1.165, 1.54) is 17.7 Å². The minimum Gasteiger partial charge on any atom is -0.378 e. The molecule has 0 N–H and O–H groups in total. The van der Waals surface area contributed by atoms with E-state index in [0.717, 1.165) is 19.4 Å². The molecule has 0 aliphatic heterocycles. The summed E-state index contributed by atoms with van der Waals surface area (Å²) in [5.74, 6) is 0. The van der Waals surface area contributed by atoms with Crippen LogP contribution < -0.4 is 4.90 Å². The molecule has 0 aliphatic rings. The number of hydrogen-bond donors (Lipinski definition) is 0. The number of hydrogen-bond acceptors (Lipinski definition) is 2. The van der Waals surface area contributed by atoms with Gasteiger partial charge < -0.3 is 9.64 Å². The van der Waals surface area contributed by atoms with Crippen LogP contribution >= 0.6 is 0 Å². The zero-order valence-corrected chi connectivity index (χ0v) is 11.6. The lowest BCUT2D eigenvalue weighted by Gasteiger charge is -2.18. The second-order valence-electron chi connectivity index (χ2n) is 4.61. The third-order valence-corrected chi connectivity index (χ3v) is 2.97. The first-order chi connectivity index (χ1) is 8.19. The molecule has 1 atom stereocenters. The fourth-order valence-corrected chi connectivity index (χ4v) is 1.81. The van der Waals surface area contributed by atoms with E-state index in [9.17, 15) is 0 Å². The van der Waals surface area contributed by atoms with E-state index in [4.69, 9.17) is 4.74 Å². The Hall–Kier alpha value is -1.02. The molecule has 0 aromatic heterocycles. The summed E-state index contributed by atoms with van der Waals surface area (Å²) in [5.41, 5.74) is 2.52. The number of ether oxygens (including phenoxy) is 1. The van der Waals surface area contributed by atoms with Gasteiger partial charge in [-0.05, 0) is 30.5 Å². The zero-order chi connectivity index (χ0) is 12.7. The molecular weight excluding hydrogens is 210 g/mol. The quantitative estimate of drug-likeness (QED) is 0.662. The Kier molecular flexibility index (Phi) is 6.06. The fourth-order valence-electron chi connectivity index (χ4n) is 1.81. The first-order valence-electron chi connectivity index (χ1n) is 6.57. The number of anilines is 1. The number of benzene rings is 1. The van der Waals surface area contributed by atoms with Crippen molar-refractivity contribution in [3.63, 3.8) is 0 Å². The van der Waals surface area contributed by atoms with Gasteiger partial charge in [0.05, 0.1) is 6.10 Å². The number of unbranched alkanes of at least 4 members (excludes halogenated alkanes) is 1. The van der Waals surface area contributed by atoms with Crippen LogP contribution in [0.4, 0.5) is 5.69 Å². The van der Waals surface area contributed by atoms with Gasteiger partial charge >= 0.3 is 0 Å². The maximum atomic E-state index is 5.90. The third-order valence-electron chi connectivity index (χ3n) is 2.97. The van der Waals surface area contributed by atoms with Crippen molar-refractivity contribution in [3.05, 3.63) is 29.8 Å². The van der Waals surface area contributed by atoms with Gasteiger partial charge in [-0.15, -0.1) is 0 Å². The lowest BCUT2D eigenvalue weighted by atomic mass is 10.1. The number of nitrogens with zero attached hydrogens (tertiary/aromatic N) is 1. The summed E-state index contributed by atoms with van der Waals surface area (Å²) < 4.78 is 5.90. The van der Waals surface area contributed by atoms with Crippen molar-refractivity contribution in [2.45, 2.75) is 39.2 Å². The lowest BCUT2D eigenvalue weighted by Crippen LogP contribution is -2.09. The van der Waals surface area contributed by atoms with E-state index < -0.39 is 0 Å². The van der Waals surface area contributed by atoms with E-state index in [0.29, 0.717) is 0 Å². The largest absolute Gasteiger partial charge is 0.378 e. The zero-order valence-electron chi connectivity index (χ0n) is 11.6. The van der Waals surface area contributed by atoms with Crippen LogP contribution in [0.3, 0.4) is 0 Å². The maximum absolute atomic E-state index is 5.90. The van der Waals surface area contributed by atoms with E-state index in [1.807, 2.05) is 0 Å². The molecule has 0 radical (unpaired) electrons. The second kappa shape index (κ2) is 7.33. The van der Waals surface area contributed by atoms with Crippen molar-refractivity contribution < 1.29 is 4.74 Å². The van der Waals surface area contributed by atoms with Crippen molar-refractivity contribution in [3.8, 4) is 0 Å². The highest BCUT2D eigenvalue weighted by Gasteiger charge is 2.09. The molecule has 96 valence electrons. The standard InChI is InChI=1S/C15H25NO/c1-5-7-12-17-15(6-2)13-8-10-14(11-9-13)16(3)4/h8-11,15H,5-7,12H2,1-4H3. The number of rotatable bonds is 7. The first kappa shape index (κ1) is 14.0. The van der Waals surface area contributed by atoms with Gasteiger partial charge in [-0.25, -0.2) is 0 Å². The van der Waals surface area contributed by atoms with Crippen molar-refractivity contribution in [1.82, 2.24) is 0 Å². The predicted molar refractivity (Wildman–Crippen MR) is 74.7 cm³/mol. The van der Waals surface area contributed by atoms with Gasteiger partial charge in [-0.1, -0.05) is 32.4 Å². The van der Waals surface area contributed by atoms with E-state index in [-0.39, 0.29) is 6.10 Å². The molecule has 0 amide bonds. The minimum absolute atomic E-state index is 0.248. The highest BCUT2D eigenvalue weighted by atomic mass is 16.5. The predicted octanol–water partition coefficient (Wildman–Crippen LogP) is 4.02. The van der Waals surface area contributed by atoms with E-state index >= 15 is 0 Å². The summed E-state index contributed by atoms with van der Waals surface area (Å²) in [4.78, 5) is 2.11. The summed E-state index contributed by atoms with van der Waals surface area (Å²) in [6.45, 7) is 5.23. The molecule has 0 saturated carbocycles. The van der Waals surface area contributed by atoms with Crippen LogP contribution in [0.2, 0.25) is 0 Å². The Morgan fingerprint density at radius 1 is 1.12 bits per heavy atom. The van der Waals surface area contributed by atoms with Crippen molar-refractivity contribution in [2.24, 2.45) is 0 Å². The van der Waals surface area contributed by atoms with Gasteiger partial charge in [0.2, 0.25) is 0 Å². The molecule has 1 aromatic rings. The van der Waals surface area contributed by atoms with E-state index in [1.54, 1.807) is 0 Å². The average Bonchev–Trinajstić information content (AvgIpc) is 2.35. The normalized spacial score (nSPS) is 12.5. The van der Waals surface area contributed by atoms with Gasteiger partial charge in [0.1, 0.15) is 0 Å². The molecule has 17 heavy (non-hydrogen) atoms. The third kappa shape index (κ3) is 4.39. The van der Waals surface area contributed by atoms with Gasteiger partial charge in [-0.3, -0.25) is 0 Å². The molecule has 0 fully saturated rings. The summed E-state index contributed by atoms with van der Waals surface area (Å²) in [5, 5.41) is 0. The van der Waals surface area contributed by atoms with Gasteiger partial charge in [0.25, 0.3) is 0 Å². The monoisotopic (exact) mass is 235 g/mol. The lowest BCUT2D eigenvalue weighted by molar-refractivity contribution is 0.0481. The Morgan fingerprint density at radius 2 is 1.76 bits per heavy atom. The summed E-state index contributed by atoms with van der Waals surface area (Å²) >= 11 is 0. The van der Waals surface area contributed by atoms with Crippen LogP contribution in [-0.2, 0) is 4.74 Å². The van der Waals surface area contributed by atoms with Crippen molar-refractivity contribution >= 4 is 5.69 Å². The van der Waals surface area contributed by atoms with Crippen LogP contribution in [-0.4, -0.2) is 20.7 Å². The van der Waals surface area contributed by atoms with Crippen molar-refractivity contribution in [1.29, 1.82) is 0 Å². The summed E-state index contributed by atoms with van der Waals surface area (Å²) in [6, 6.07) is 8.66. The smallest absolute Gasteiger partial charge is 0.0822 e. The van der Waals surface area contributed by atoms with E-state index in [2.05, 4.69) is 57.1 Å². The van der Waals surface area contributed by atoms with Gasteiger partial charge in [-0.2, -0.15) is 0 Å². The fraction of sp³-hybridized carbons (Fsp3) is 0.600. The Labute approximate surface area is 106 Å². The molecular formula is C15H25NO. The van der Waals surface area contributed by atoms with Crippen LogP contribution in [0, 0.1) is 0 Å². The topological polar surface area (TPSA) is 12.5 Å². The van der Waals surface area contributed by atoms with Gasteiger partial charge in [0.15, 0.2) is 0 Å². The molecule has 0 aliphatic carbocycles. The molecule has 2 nitrogen and oxygen atoms in total. The Morgan fingerprint density at radius 3 is 2.24 bits per heavy atom. The molecule has 1 unspecified atom stereocenters. The molecule has 0 saturated heterocycles. The minimum atomic E-state index is 0.248. The highest BCUT2D eigenvalue weighted by molar-refractivity contribution is 5.46. The molecule has 2 heteroatoms. The SMILES string of the molecule is CCCCOC(CC)c1ccc(N(C)C)cc1. The Balaban J connectivity index is 2.62. The second-order valence-corrected chi connectivity index (χ2v) is 4.61. The molecule has 0 spiro atoms. The molecule has 0 heterocycles. The van der Waals surface area contributed by atoms with Crippen molar-refractivity contribution in [2.75, 3.05) is 25.6 Å². The maximum Gasteiger partial charge on any atom is 0.0822 e. The molecule has 1 aromatic carbocycles. The summed E-state index contributed by atoms with van der Waals surface area (Å²) in [7, 11) is 4.12. The first-order valence-corrected chi connectivity index (χ1v) is 6.57. The van der Waals surface area contributed by atoms with Crippen LogP contribution in [0.5, 0.6) is 0 Å². The molecule has 1 rings (SSSR count). The summed E-state index contributed by atoms with van der Waals surface area (Å²) in [6.07, 6.45) is 3.62. The van der Waals surface area contributed by atoms with Gasteiger partial charge in [0, 0.05) is 26.4 Å².